The Morgan fingerprint density at radius 3 is 2.46 bits per heavy atom. The molecule has 2 aromatic rings. The number of hydrogen-bond acceptors (Lipinski definition) is 4. The van der Waals surface area contributed by atoms with Gasteiger partial charge in [0.1, 0.15) is 0 Å². The number of piperazine rings is 1. The van der Waals surface area contributed by atoms with Gasteiger partial charge in [0, 0.05) is 50.2 Å². The van der Waals surface area contributed by atoms with Gasteiger partial charge in [0.05, 0.1) is 5.69 Å². The van der Waals surface area contributed by atoms with Crippen molar-refractivity contribution in [3.05, 3.63) is 58.9 Å². The van der Waals surface area contributed by atoms with Crippen molar-refractivity contribution in [2.24, 2.45) is 5.73 Å². The fourth-order valence-electron chi connectivity index (χ4n) is 3.13. The number of nitrogens with two attached hydrogens (primary N) is 1. The molecule has 1 saturated heterocycles. The summed E-state index contributed by atoms with van der Waals surface area (Å²) in [6.45, 7) is 7.81. The predicted octanol–water partition coefficient (Wildman–Crippen LogP) is 2.96. The second-order valence-corrected chi connectivity index (χ2v) is 6.24. The van der Waals surface area contributed by atoms with Crippen molar-refractivity contribution in [3.63, 3.8) is 0 Å². The summed E-state index contributed by atoms with van der Waals surface area (Å²) in [5.41, 5.74) is 10.9. The Balaban J connectivity index is 0.00000169. The summed E-state index contributed by atoms with van der Waals surface area (Å²) >= 11 is 0. The summed E-state index contributed by atoms with van der Waals surface area (Å²) in [7, 11) is 0. The highest BCUT2D eigenvalue weighted by molar-refractivity contribution is 5.94. The maximum atomic E-state index is 12.7. The van der Waals surface area contributed by atoms with E-state index in [1.807, 2.05) is 4.90 Å². The van der Waals surface area contributed by atoms with E-state index < -0.39 is 0 Å². The minimum absolute atomic E-state index is 0. The van der Waals surface area contributed by atoms with E-state index in [4.69, 9.17) is 5.73 Å². The molecule has 1 aliphatic heterocycles. The largest absolute Gasteiger partial charge is 0.368 e. The van der Waals surface area contributed by atoms with Crippen LogP contribution in [0, 0.1) is 13.8 Å². The van der Waals surface area contributed by atoms with Gasteiger partial charge in [-0.3, -0.25) is 9.78 Å². The quantitative estimate of drug-likeness (QED) is 0.865. The third-order valence-electron chi connectivity index (χ3n) is 4.76. The van der Waals surface area contributed by atoms with Crippen LogP contribution in [0.3, 0.4) is 0 Å². The average molecular weight is 397 g/mol. The number of rotatable bonds is 3. The lowest BCUT2D eigenvalue weighted by Gasteiger charge is -2.37. The van der Waals surface area contributed by atoms with Crippen LogP contribution in [-0.2, 0) is 6.54 Å². The Hall–Kier alpha value is -1.82. The smallest absolute Gasteiger partial charge is 0.254 e. The number of carbonyl (C=O) groups excluding carboxylic acids is 1. The number of anilines is 1. The van der Waals surface area contributed by atoms with Gasteiger partial charge in [0.2, 0.25) is 0 Å². The molecule has 0 saturated carbocycles. The molecule has 0 bridgehead atoms. The summed E-state index contributed by atoms with van der Waals surface area (Å²) < 4.78 is 0. The Morgan fingerprint density at radius 2 is 1.81 bits per heavy atom. The van der Waals surface area contributed by atoms with Gasteiger partial charge in [-0.15, -0.1) is 24.8 Å². The Bertz CT molecular complexity index is 746. The number of benzene rings is 1. The lowest BCUT2D eigenvalue weighted by atomic mass is 10.1. The molecule has 1 aliphatic rings. The summed E-state index contributed by atoms with van der Waals surface area (Å²) in [4.78, 5) is 21.1. The molecule has 0 unspecified atom stereocenters. The molecule has 5 nitrogen and oxygen atoms in total. The molecule has 0 spiro atoms. The van der Waals surface area contributed by atoms with Crippen molar-refractivity contribution in [2.75, 3.05) is 31.1 Å². The number of carbonyl (C=O) groups is 1. The fourth-order valence-corrected chi connectivity index (χ4v) is 3.13. The molecule has 1 aromatic heterocycles. The maximum absolute atomic E-state index is 12.7. The zero-order valence-electron chi connectivity index (χ0n) is 15.1. The molecule has 2 N–H and O–H groups in total. The van der Waals surface area contributed by atoms with Crippen molar-refractivity contribution in [3.8, 4) is 0 Å². The van der Waals surface area contributed by atoms with Crippen LogP contribution in [-0.4, -0.2) is 42.0 Å². The van der Waals surface area contributed by atoms with Crippen LogP contribution in [0.5, 0.6) is 0 Å². The summed E-state index contributed by atoms with van der Waals surface area (Å²) in [5.74, 6) is 0.0627. The van der Waals surface area contributed by atoms with E-state index in [2.05, 4.69) is 41.9 Å². The molecular formula is C19H26Cl2N4O. The molecule has 1 fully saturated rings. The molecule has 1 amide bonds. The van der Waals surface area contributed by atoms with E-state index in [1.165, 1.54) is 16.8 Å². The second kappa shape index (κ2) is 9.76. The highest BCUT2D eigenvalue weighted by Gasteiger charge is 2.23. The zero-order valence-corrected chi connectivity index (χ0v) is 16.8. The van der Waals surface area contributed by atoms with Gasteiger partial charge < -0.3 is 15.5 Å². The fraction of sp³-hybridized carbons (Fsp3) is 0.368. The standard InChI is InChI=1S/C19H24N4O.2ClH/c1-14-4-3-5-18(15(14)2)22-8-10-23(11-9-22)19(24)16-6-7-21-17(12-16)13-20;;/h3-7,12H,8-11,13,20H2,1-2H3;2*1H. The molecule has 0 radical (unpaired) electrons. The summed E-state index contributed by atoms with van der Waals surface area (Å²) in [6, 6.07) is 9.95. The number of pyridine rings is 1. The van der Waals surface area contributed by atoms with Crippen molar-refractivity contribution in [1.82, 2.24) is 9.88 Å². The number of aryl methyl sites for hydroxylation is 1. The van der Waals surface area contributed by atoms with E-state index in [0.29, 0.717) is 12.1 Å². The molecule has 26 heavy (non-hydrogen) atoms. The molecule has 0 atom stereocenters. The predicted molar refractivity (Wildman–Crippen MR) is 111 cm³/mol. The number of aromatic nitrogens is 1. The Morgan fingerprint density at radius 1 is 1.12 bits per heavy atom. The van der Waals surface area contributed by atoms with Crippen molar-refractivity contribution >= 4 is 36.4 Å². The highest BCUT2D eigenvalue weighted by atomic mass is 35.5. The van der Waals surface area contributed by atoms with Gasteiger partial charge in [0.25, 0.3) is 5.91 Å². The van der Waals surface area contributed by atoms with E-state index in [-0.39, 0.29) is 30.7 Å². The SMILES string of the molecule is Cc1cccc(N2CCN(C(=O)c3ccnc(CN)c3)CC2)c1C.Cl.Cl. The van der Waals surface area contributed by atoms with Crippen LogP contribution in [0.4, 0.5) is 5.69 Å². The first kappa shape index (κ1) is 22.2. The van der Waals surface area contributed by atoms with Crippen molar-refractivity contribution in [1.29, 1.82) is 0 Å². The monoisotopic (exact) mass is 396 g/mol. The second-order valence-electron chi connectivity index (χ2n) is 6.24. The van der Waals surface area contributed by atoms with E-state index >= 15 is 0 Å². The van der Waals surface area contributed by atoms with Crippen LogP contribution in [0.2, 0.25) is 0 Å². The lowest BCUT2D eigenvalue weighted by molar-refractivity contribution is 0.0746. The van der Waals surface area contributed by atoms with Gasteiger partial charge in [-0.2, -0.15) is 0 Å². The van der Waals surface area contributed by atoms with Crippen LogP contribution < -0.4 is 10.6 Å². The molecule has 3 rings (SSSR count). The molecule has 2 heterocycles. The van der Waals surface area contributed by atoms with Gasteiger partial charge in [-0.1, -0.05) is 12.1 Å². The third kappa shape index (κ3) is 4.67. The van der Waals surface area contributed by atoms with Crippen molar-refractivity contribution < 1.29 is 4.79 Å². The molecule has 1 aromatic carbocycles. The molecular weight excluding hydrogens is 371 g/mol. The molecule has 7 heteroatoms. The Labute approximate surface area is 167 Å². The number of halogens is 2. The minimum Gasteiger partial charge on any atom is -0.368 e. The third-order valence-corrected chi connectivity index (χ3v) is 4.76. The number of amides is 1. The van der Waals surface area contributed by atoms with Crippen LogP contribution in [0.15, 0.2) is 36.5 Å². The molecule has 0 aliphatic carbocycles. The Kier molecular flexibility index (Phi) is 8.34. The number of hydrogen-bond donors (Lipinski definition) is 1. The minimum atomic E-state index is 0. The van der Waals surface area contributed by atoms with Crippen LogP contribution >= 0.6 is 24.8 Å². The lowest BCUT2D eigenvalue weighted by Crippen LogP contribution is -2.49. The maximum Gasteiger partial charge on any atom is 0.254 e. The topological polar surface area (TPSA) is 62.5 Å². The van der Waals surface area contributed by atoms with E-state index in [0.717, 1.165) is 31.9 Å². The van der Waals surface area contributed by atoms with Gasteiger partial charge >= 0.3 is 0 Å². The first-order valence-corrected chi connectivity index (χ1v) is 8.35. The van der Waals surface area contributed by atoms with Gasteiger partial charge in [-0.05, 0) is 43.2 Å². The first-order valence-electron chi connectivity index (χ1n) is 8.35. The molecule has 142 valence electrons. The van der Waals surface area contributed by atoms with Crippen LogP contribution in [0.25, 0.3) is 0 Å². The van der Waals surface area contributed by atoms with Crippen LogP contribution in [0.1, 0.15) is 27.2 Å². The summed E-state index contributed by atoms with van der Waals surface area (Å²) in [5, 5.41) is 0. The number of nitrogens with zero attached hydrogens (tertiary/aromatic N) is 3. The van der Waals surface area contributed by atoms with E-state index in [1.54, 1.807) is 18.3 Å². The van der Waals surface area contributed by atoms with Gasteiger partial charge in [0.15, 0.2) is 0 Å². The first-order chi connectivity index (χ1) is 11.6. The van der Waals surface area contributed by atoms with E-state index in [9.17, 15) is 4.79 Å². The summed E-state index contributed by atoms with van der Waals surface area (Å²) in [6.07, 6.45) is 1.65. The normalized spacial score (nSPS) is 13.7. The highest BCUT2D eigenvalue weighted by Crippen LogP contribution is 2.24. The van der Waals surface area contributed by atoms with Gasteiger partial charge in [-0.25, -0.2) is 0 Å². The average Bonchev–Trinajstić information content (AvgIpc) is 2.63. The zero-order chi connectivity index (χ0) is 17.1. The van der Waals surface area contributed by atoms with Crippen molar-refractivity contribution in [2.45, 2.75) is 20.4 Å².